The number of nitrogens with two attached hydrogens (primary N) is 1. The molecule has 0 fully saturated rings. The molecule has 0 aliphatic carbocycles. The molecule has 0 saturated heterocycles. The second-order valence-electron chi connectivity index (χ2n) is 5.73. The Morgan fingerprint density at radius 1 is 0.917 bits per heavy atom. The van der Waals surface area contributed by atoms with Gasteiger partial charge in [-0.2, -0.15) is 0 Å². The molecule has 0 radical (unpaired) electrons. The Balaban J connectivity index is -0.000000468. The first-order valence-electron chi connectivity index (χ1n) is 8.69. The van der Waals surface area contributed by atoms with E-state index < -0.39 is 21.8 Å². The largest absolute Gasteiger partial charge is 1.00 e. The van der Waals surface area contributed by atoms with Crippen molar-refractivity contribution < 1.29 is 74.3 Å². The molecule has 3 N–H and O–H groups in total. The van der Waals surface area contributed by atoms with E-state index in [0.717, 1.165) is 12.8 Å². The van der Waals surface area contributed by atoms with Crippen molar-refractivity contribution in [3.63, 3.8) is 0 Å². The van der Waals surface area contributed by atoms with Gasteiger partial charge in [-0.25, -0.2) is 8.42 Å². The molecule has 24 heavy (non-hydrogen) atoms. The molecule has 0 atom stereocenters. The van der Waals surface area contributed by atoms with Crippen molar-refractivity contribution in [3.05, 3.63) is 0 Å². The van der Waals surface area contributed by atoms with E-state index in [1.807, 2.05) is 0 Å². The SMILES string of the molecule is CCCCCCCCCCCCCC(=O)O.NCCS(=O)(=O)[O-].[K+]. The van der Waals surface area contributed by atoms with Crippen LogP contribution in [0.1, 0.15) is 84.0 Å². The molecule has 0 rings (SSSR count). The van der Waals surface area contributed by atoms with Crippen molar-refractivity contribution in [2.24, 2.45) is 5.73 Å². The zero-order valence-corrected chi connectivity index (χ0v) is 19.4. The molecular weight excluding hydrogens is 357 g/mol. The second-order valence-corrected chi connectivity index (χ2v) is 7.25. The van der Waals surface area contributed by atoms with Gasteiger partial charge < -0.3 is 15.4 Å². The van der Waals surface area contributed by atoms with Crippen LogP contribution in [0.5, 0.6) is 0 Å². The standard InChI is InChI=1S/C14H28O2.C2H7NO3S.K/c1-2-3-4-5-6-7-8-9-10-11-12-13-14(15)16;3-1-2-7(4,5)6;/h2-13H2,1H3,(H,15,16);1-3H2,(H,4,5,6);/q;;+1/p-1. The molecule has 0 saturated carbocycles. The minimum atomic E-state index is -4.05. The van der Waals surface area contributed by atoms with Crippen LogP contribution < -0.4 is 57.1 Å². The maximum atomic E-state index is 10.3. The van der Waals surface area contributed by atoms with E-state index in [0.29, 0.717) is 6.42 Å². The quantitative estimate of drug-likeness (QED) is 0.249. The van der Waals surface area contributed by atoms with E-state index in [4.69, 9.17) is 10.8 Å². The van der Waals surface area contributed by atoms with E-state index in [9.17, 15) is 17.8 Å². The van der Waals surface area contributed by atoms with Crippen LogP contribution in [0.25, 0.3) is 0 Å². The Kier molecular flexibility index (Phi) is 27.3. The first kappa shape index (κ1) is 29.7. The summed E-state index contributed by atoms with van der Waals surface area (Å²) in [5.74, 6) is -1.12. The summed E-state index contributed by atoms with van der Waals surface area (Å²) in [6.45, 7) is 2.16. The Hall–Kier alpha value is 0.976. The Bertz CT molecular complexity index is 363. The van der Waals surface area contributed by atoms with Gasteiger partial charge in [0.15, 0.2) is 0 Å². The van der Waals surface area contributed by atoms with Gasteiger partial charge in [0.05, 0.1) is 15.9 Å². The number of carbonyl (C=O) groups is 1. The van der Waals surface area contributed by atoms with Crippen molar-refractivity contribution in [1.82, 2.24) is 0 Å². The average molecular weight is 392 g/mol. The van der Waals surface area contributed by atoms with Crippen molar-refractivity contribution >= 4 is 16.1 Å². The number of rotatable bonds is 14. The number of carboxylic acids is 1. The average Bonchev–Trinajstić information content (AvgIpc) is 2.44. The fourth-order valence-electron chi connectivity index (χ4n) is 2.08. The van der Waals surface area contributed by atoms with Crippen LogP contribution in [0.2, 0.25) is 0 Å². The number of aliphatic carboxylic acids is 1. The summed E-state index contributed by atoms with van der Waals surface area (Å²) in [5.41, 5.74) is 4.74. The first-order valence-corrected chi connectivity index (χ1v) is 10.3. The monoisotopic (exact) mass is 391 g/mol. The molecule has 6 nitrogen and oxygen atoms in total. The summed E-state index contributed by atoms with van der Waals surface area (Å²) in [7, 11) is -4.05. The van der Waals surface area contributed by atoms with Crippen molar-refractivity contribution in [3.8, 4) is 0 Å². The molecule has 0 bridgehead atoms. The van der Waals surface area contributed by atoms with E-state index in [1.165, 1.54) is 57.8 Å². The third-order valence-electron chi connectivity index (χ3n) is 3.36. The van der Waals surface area contributed by atoms with Crippen LogP contribution in [0.15, 0.2) is 0 Å². The van der Waals surface area contributed by atoms with Crippen molar-refractivity contribution in [2.45, 2.75) is 84.0 Å². The van der Waals surface area contributed by atoms with Crippen molar-refractivity contribution in [2.75, 3.05) is 12.3 Å². The van der Waals surface area contributed by atoms with Crippen LogP contribution in [0.4, 0.5) is 0 Å². The van der Waals surface area contributed by atoms with E-state index in [-0.39, 0.29) is 57.9 Å². The minimum absolute atomic E-state index is 0. The molecule has 0 amide bonds. The molecule has 140 valence electrons. The molecule has 0 aromatic rings. The minimum Gasteiger partial charge on any atom is -0.748 e. The third-order valence-corrected chi connectivity index (χ3v) is 4.10. The van der Waals surface area contributed by atoms with Crippen LogP contribution in [0.3, 0.4) is 0 Å². The summed E-state index contributed by atoms with van der Waals surface area (Å²) in [6.07, 6.45) is 14.4. The number of unbranched alkanes of at least 4 members (excludes halogenated alkanes) is 10. The van der Waals surface area contributed by atoms with Gasteiger partial charge in [0.1, 0.15) is 0 Å². The summed E-state index contributed by atoms with van der Waals surface area (Å²) in [6, 6.07) is 0. The van der Waals surface area contributed by atoms with Gasteiger partial charge in [0.25, 0.3) is 0 Å². The van der Waals surface area contributed by atoms with Gasteiger partial charge in [-0.1, -0.05) is 71.1 Å². The van der Waals surface area contributed by atoms with Gasteiger partial charge in [0, 0.05) is 13.0 Å². The van der Waals surface area contributed by atoms with E-state index in [2.05, 4.69) is 6.92 Å². The van der Waals surface area contributed by atoms with Gasteiger partial charge in [0.2, 0.25) is 0 Å². The Labute approximate surface area is 190 Å². The predicted octanol–water partition coefficient (Wildman–Crippen LogP) is 0.266. The predicted molar refractivity (Wildman–Crippen MR) is 92.3 cm³/mol. The fraction of sp³-hybridized carbons (Fsp3) is 0.938. The molecule has 0 aliphatic rings. The Morgan fingerprint density at radius 3 is 1.54 bits per heavy atom. The Morgan fingerprint density at radius 2 is 1.29 bits per heavy atom. The summed E-state index contributed by atoms with van der Waals surface area (Å²) >= 11 is 0. The molecule has 0 spiro atoms. The van der Waals surface area contributed by atoms with Crippen molar-refractivity contribution in [1.29, 1.82) is 0 Å². The van der Waals surface area contributed by atoms with Gasteiger partial charge in [-0.3, -0.25) is 4.79 Å². The smallest absolute Gasteiger partial charge is 0.748 e. The molecule has 0 aromatic carbocycles. The second kappa shape index (κ2) is 22.0. The number of hydrogen-bond acceptors (Lipinski definition) is 5. The van der Waals surface area contributed by atoms with Crippen LogP contribution in [-0.2, 0) is 14.9 Å². The van der Waals surface area contributed by atoms with E-state index >= 15 is 0 Å². The maximum Gasteiger partial charge on any atom is 1.00 e. The summed E-state index contributed by atoms with van der Waals surface area (Å²) < 4.78 is 28.8. The molecule has 8 heteroatoms. The van der Waals surface area contributed by atoms with Crippen LogP contribution in [-0.4, -0.2) is 36.3 Å². The van der Waals surface area contributed by atoms with Crippen LogP contribution >= 0.6 is 0 Å². The molecule has 0 aliphatic heterocycles. The maximum absolute atomic E-state index is 10.3. The number of carboxylic acid groups (broad SMARTS) is 1. The topological polar surface area (TPSA) is 121 Å². The first-order chi connectivity index (χ1) is 10.8. The summed E-state index contributed by atoms with van der Waals surface area (Å²) in [4.78, 5) is 10.3. The van der Waals surface area contributed by atoms with Gasteiger partial charge in [-0.05, 0) is 6.42 Å². The summed E-state index contributed by atoms with van der Waals surface area (Å²) in [5, 5.41) is 8.46. The third kappa shape index (κ3) is 34.3. The van der Waals surface area contributed by atoms with Gasteiger partial charge in [-0.15, -0.1) is 0 Å². The van der Waals surface area contributed by atoms with Gasteiger partial charge >= 0.3 is 57.4 Å². The van der Waals surface area contributed by atoms with Crippen LogP contribution in [0, 0.1) is 0 Å². The molecule has 0 unspecified atom stereocenters. The number of hydrogen-bond donors (Lipinski definition) is 2. The zero-order chi connectivity index (χ0) is 18.0. The normalized spacial score (nSPS) is 10.5. The molecule has 0 heterocycles. The zero-order valence-electron chi connectivity index (χ0n) is 15.5. The molecule has 0 aromatic heterocycles. The molecular formula is C16H34KNO5S. The van der Waals surface area contributed by atoms with E-state index in [1.54, 1.807) is 0 Å². The fourth-order valence-corrected chi connectivity index (χ4v) is 2.37.